The SMILES string of the molecule is Cc1ccc(NC(=O)C[C@H]2SC[C@@H](C(=O)O)NC2=O)cc1C. The van der Waals surface area contributed by atoms with E-state index in [0.717, 1.165) is 11.1 Å². The van der Waals surface area contributed by atoms with Crippen molar-refractivity contribution < 1.29 is 19.5 Å². The fourth-order valence-electron chi connectivity index (χ4n) is 2.08. The summed E-state index contributed by atoms with van der Waals surface area (Å²) < 4.78 is 0. The summed E-state index contributed by atoms with van der Waals surface area (Å²) >= 11 is 1.20. The van der Waals surface area contributed by atoms with Crippen LogP contribution in [0.3, 0.4) is 0 Å². The Labute approximate surface area is 132 Å². The van der Waals surface area contributed by atoms with Crippen LogP contribution in [0, 0.1) is 13.8 Å². The van der Waals surface area contributed by atoms with Crippen LogP contribution in [0.1, 0.15) is 17.5 Å². The van der Waals surface area contributed by atoms with E-state index in [1.807, 2.05) is 32.0 Å². The predicted molar refractivity (Wildman–Crippen MR) is 85.0 cm³/mol. The lowest BCUT2D eigenvalue weighted by Crippen LogP contribution is -2.51. The lowest BCUT2D eigenvalue weighted by atomic mass is 10.1. The molecule has 22 heavy (non-hydrogen) atoms. The summed E-state index contributed by atoms with van der Waals surface area (Å²) in [5, 5.41) is 13.5. The van der Waals surface area contributed by atoms with Gasteiger partial charge in [-0.05, 0) is 37.1 Å². The highest BCUT2D eigenvalue weighted by molar-refractivity contribution is 8.00. The number of hydrogen-bond acceptors (Lipinski definition) is 4. The average Bonchev–Trinajstić information content (AvgIpc) is 2.45. The van der Waals surface area contributed by atoms with Crippen LogP contribution in [0.25, 0.3) is 0 Å². The number of nitrogens with one attached hydrogen (secondary N) is 2. The lowest BCUT2D eigenvalue weighted by Gasteiger charge is -2.25. The number of thioether (sulfide) groups is 1. The molecule has 0 spiro atoms. The van der Waals surface area contributed by atoms with Crippen LogP contribution in [0.2, 0.25) is 0 Å². The molecule has 1 aromatic carbocycles. The zero-order valence-electron chi connectivity index (χ0n) is 12.4. The van der Waals surface area contributed by atoms with Gasteiger partial charge in [0.1, 0.15) is 6.04 Å². The molecule has 6 nitrogen and oxygen atoms in total. The maximum atomic E-state index is 12.0. The van der Waals surface area contributed by atoms with E-state index in [0.29, 0.717) is 5.69 Å². The van der Waals surface area contributed by atoms with Crippen LogP contribution in [0.15, 0.2) is 18.2 Å². The zero-order chi connectivity index (χ0) is 16.3. The molecule has 0 unspecified atom stereocenters. The first-order chi connectivity index (χ1) is 10.4. The van der Waals surface area contributed by atoms with Crippen molar-refractivity contribution in [3.63, 3.8) is 0 Å². The number of carboxylic acids is 1. The van der Waals surface area contributed by atoms with Crippen molar-refractivity contribution in [3.8, 4) is 0 Å². The van der Waals surface area contributed by atoms with E-state index in [9.17, 15) is 14.4 Å². The van der Waals surface area contributed by atoms with Gasteiger partial charge in [-0.1, -0.05) is 6.07 Å². The topological polar surface area (TPSA) is 95.5 Å². The first kappa shape index (κ1) is 16.4. The van der Waals surface area contributed by atoms with Crippen molar-refractivity contribution in [1.82, 2.24) is 5.32 Å². The Hall–Kier alpha value is -2.02. The Morgan fingerprint density at radius 2 is 2.09 bits per heavy atom. The normalized spacial score (nSPS) is 21.1. The minimum Gasteiger partial charge on any atom is -0.480 e. The summed E-state index contributed by atoms with van der Waals surface area (Å²) in [7, 11) is 0. The molecule has 2 rings (SSSR count). The molecule has 0 saturated carbocycles. The van der Waals surface area contributed by atoms with Crippen LogP contribution in [0.5, 0.6) is 0 Å². The van der Waals surface area contributed by atoms with E-state index in [1.54, 1.807) is 0 Å². The molecule has 1 aliphatic rings. The van der Waals surface area contributed by atoms with Gasteiger partial charge < -0.3 is 15.7 Å². The number of carbonyl (C=O) groups excluding carboxylic acids is 2. The molecule has 2 amide bonds. The van der Waals surface area contributed by atoms with E-state index in [-0.39, 0.29) is 18.1 Å². The van der Waals surface area contributed by atoms with Crippen molar-refractivity contribution in [3.05, 3.63) is 29.3 Å². The molecular weight excluding hydrogens is 304 g/mol. The van der Waals surface area contributed by atoms with E-state index in [4.69, 9.17) is 5.11 Å². The number of benzene rings is 1. The third-order valence-corrected chi connectivity index (χ3v) is 4.84. The molecule has 1 heterocycles. The summed E-state index contributed by atoms with van der Waals surface area (Å²) in [5.74, 6) is -1.45. The number of rotatable bonds is 4. The van der Waals surface area contributed by atoms with Gasteiger partial charge in [-0.2, -0.15) is 0 Å². The third-order valence-electron chi connectivity index (χ3n) is 3.53. The largest absolute Gasteiger partial charge is 0.480 e. The molecule has 1 fully saturated rings. The van der Waals surface area contributed by atoms with E-state index < -0.39 is 23.2 Å². The molecule has 0 aliphatic carbocycles. The molecule has 2 atom stereocenters. The molecule has 1 aromatic rings. The number of aryl methyl sites for hydroxylation is 2. The number of aliphatic carboxylic acids is 1. The summed E-state index contributed by atoms with van der Waals surface area (Å²) in [6.07, 6.45) is 0.0236. The lowest BCUT2D eigenvalue weighted by molar-refractivity contribution is -0.141. The number of carboxylic acid groups (broad SMARTS) is 1. The molecule has 0 bridgehead atoms. The average molecular weight is 322 g/mol. The number of hydrogen-bond donors (Lipinski definition) is 3. The summed E-state index contributed by atoms with van der Waals surface area (Å²) in [5.41, 5.74) is 2.91. The van der Waals surface area contributed by atoms with Crippen LogP contribution < -0.4 is 10.6 Å². The van der Waals surface area contributed by atoms with Gasteiger partial charge in [-0.25, -0.2) is 4.79 Å². The second-order valence-corrected chi connectivity index (χ2v) is 6.51. The highest BCUT2D eigenvalue weighted by Gasteiger charge is 2.33. The van der Waals surface area contributed by atoms with E-state index >= 15 is 0 Å². The highest BCUT2D eigenvalue weighted by atomic mass is 32.2. The summed E-state index contributed by atoms with van der Waals surface area (Å²) in [4.78, 5) is 34.7. The Morgan fingerprint density at radius 1 is 1.36 bits per heavy atom. The number of anilines is 1. The van der Waals surface area contributed by atoms with Gasteiger partial charge >= 0.3 is 5.97 Å². The van der Waals surface area contributed by atoms with Crippen LogP contribution in [0.4, 0.5) is 5.69 Å². The molecule has 0 radical (unpaired) electrons. The molecule has 118 valence electrons. The standard InChI is InChI=1S/C15H18N2O4S/c1-8-3-4-10(5-9(8)2)16-13(18)6-12-14(19)17-11(7-22-12)15(20)21/h3-5,11-12H,6-7H2,1-2H3,(H,16,18)(H,17,19)(H,20,21)/t11-,12+/m0/s1. The smallest absolute Gasteiger partial charge is 0.327 e. The molecular formula is C15H18N2O4S. The van der Waals surface area contributed by atoms with Crippen molar-refractivity contribution in [2.24, 2.45) is 0 Å². The molecule has 7 heteroatoms. The van der Waals surface area contributed by atoms with Gasteiger partial charge in [-0.3, -0.25) is 9.59 Å². The van der Waals surface area contributed by atoms with Crippen LogP contribution in [-0.4, -0.2) is 39.9 Å². The Kier molecular flexibility index (Phi) is 5.07. The van der Waals surface area contributed by atoms with Gasteiger partial charge in [0, 0.05) is 17.9 Å². The minimum absolute atomic E-state index is 0.0236. The Balaban J connectivity index is 1.91. The Bertz CT molecular complexity index is 618. The fourth-order valence-corrected chi connectivity index (χ4v) is 3.22. The van der Waals surface area contributed by atoms with Gasteiger partial charge in [0.2, 0.25) is 11.8 Å². The van der Waals surface area contributed by atoms with Crippen molar-refractivity contribution >= 4 is 35.2 Å². The van der Waals surface area contributed by atoms with Crippen LogP contribution >= 0.6 is 11.8 Å². The quantitative estimate of drug-likeness (QED) is 0.777. The zero-order valence-corrected chi connectivity index (χ0v) is 13.2. The van der Waals surface area contributed by atoms with Gasteiger partial charge in [0.15, 0.2) is 0 Å². The monoisotopic (exact) mass is 322 g/mol. The van der Waals surface area contributed by atoms with Crippen molar-refractivity contribution in [2.75, 3.05) is 11.1 Å². The van der Waals surface area contributed by atoms with E-state index in [1.165, 1.54) is 11.8 Å². The Morgan fingerprint density at radius 3 is 2.68 bits per heavy atom. The highest BCUT2D eigenvalue weighted by Crippen LogP contribution is 2.22. The summed E-state index contributed by atoms with van der Waals surface area (Å²) in [6.45, 7) is 3.95. The van der Waals surface area contributed by atoms with Gasteiger partial charge in [-0.15, -0.1) is 11.8 Å². The fraction of sp³-hybridized carbons (Fsp3) is 0.400. The predicted octanol–water partition coefficient (Wildman–Crippen LogP) is 1.32. The first-order valence-electron chi connectivity index (χ1n) is 6.88. The molecule has 1 aliphatic heterocycles. The van der Waals surface area contributed by atoms with Crippen molar-refractivity contribution in [1.29, 1.82) is 0 Å². The maximum Gasteiger partial charge on any atom is 0.327 e. The minimum atomic E-state index is -1.06. The van der Waals surface area contributed by atoms with Gasteiger partial charge in [0.25, 0.3) is 0 Å². The molecule has 0 aromatic heterocycles. The van der Waals surface area contributed by atoms with Crippen molar-refractivity contribution in [2.45, 2.75) is 31.6 Å². The third kappa shape index (κ3) is 4.00. The first-order valence-corrected chi connectivity index (χ1v) is 7.93. The van der Waals surface area contributed by atoms with Crippen LogP contribution in [-0.2, 0) is 14.4 Å². The summed E-state index contributed by atoms with van der Waals surface area (Å²) in [6, 6.07) is 4.73. The molecule has 3 N–H and O–H groups in total. The second-order valence-electron chi connectivity index (χ2n) is 5.27. The second kappa shape index (κ2) is 6.83. The van der Waals surface area contributed by atoms with Gasteiger partial charge in [0.05, 0.1) is 5.25 Å². The molecule has 1 saturated heterocycles. The maximum absolute atomic E-state index is 12.0. The van der Waals surface area contributed by atoms with E-state index in [2.05, 4.69) is 10.6 Å². The number of carbonyl (C=O) groups is 3. The number of amides is 2.